The van der Waals surface area contributed by atoms with Gasteiger partial charge in [0.25, 0.3) is 5.91 Å². The average Bonchev–Trinajstić information content (AvgIpc) is 2.51. The normalized spacial score (nSPS) is 15.1. The molecule has 23 heavy (non-hydrogen) atoms. The molecule has 0 spiro atoms. The van der Waals surface area contributed by atoms with E-state index in [1.54, 1.807) is 12.1 Å². The molecule has 0 aliphatic carbocycles. The lowest BCUT2D eigenvalue weighted by Gasteiger charge is -2.26. The zero-order valence-electron chi connectivity index (χ0n) is 13.8. The van der Waals surface area contributed by atoms with E-state index in [0.29, 0.717) is 18.7 Å². The van der Waals surface area contributed by atoms with Crippen LogP contribution in [0.3, 0.4) is 0 Å². The van der Waals surface area contributed by atoms with Crippen molar-refractivity contribution >= 4 is 17.7 Å². The molecule has 0 bridgehead atoms. The van der Waals surface area contributed by atoms with Crippen LogP contribution in [0.5, 0.6) is 0 Å². The Morgan fingerprint density at radius 2 is 1.87 bits per heavy atom. The maximum Gasteiger partial charge on any atom is 0.251 e. The highest BCUT2D eigenvalue weighted by Crippen LogP contribution is 2.22. The van der Waals surface area contributed by atoms with Crippen LogP contribution < -0.4 is 10.6 Å². The van der Waals surface area contributed by atoms with Crippen molar-refractivity contribution in [3.05, 3.63) is 35.4 Å². The third-order valence-electron chi connectivity index (χ3n) is 3.80. The summed E-state index contributed by atoms with van der Waals surface area (Å²) in [4.78, 5) is 36.8. The van der Waals surface area contributed by atoms with E-state index < -0.39 is 0 Å². The first-order valence-electron chi connectivity index (χ1n) is 7.70. The number of nitrogens with one attached hydrogen (secondary N) is 2. The maximum atomic E-state index is 12.1. The fourth-order valence-corrected chi connectivity index (χ4v) is 2.34. The van der Waals surface area contributed by atoms with Crippen LogP contribution in [0.4, 0.5) is 0 Å². The molecule has 0 atom stereocenters. The van der Waals surface area contributed by atoms with Gasteiger partial charge in [0, 0.05) is 18.7 Å². The van der Waals surface area contributed by atoms with Gasteiger partial charge in [-0.15, -0.1) is 0 Å². The quantitative estimate of drug-likeness (QED) is 0.860. The second-order valence-corrected chi connectivity index (χ2v) is 6.68. The third kappa shape index (κ3) is 4.55. The molecule has 1 fully saturated rings. The molecular formula is C17H23N3O3. The van der Waals surface area contributed by atoms with E-state index in [0.717, 1.165) is 5.56 Å². The molecule has 3 amide bonds. The summed E-state index contributed by atoms with van der Waals surface area (Å²) in [5.41, 5.74) is 1.69. The highest BCUT2D eigenvalue weighted by Gasteiger charge is 2.21. The predicted octanol–water partition coefficient (Wildman–Crippen LogP) is 0.672. The van der Waals surface area contributed by atoms with Crippen molar-refractivity contribution in [1.29, 1.82) is 0 Å². The Morgan fingerprint density at radius 3 is 2.43 bits per heavy atom. The minimum Gasteiger partial charge on any atom is -0.353 e. The summed E-state index contributed by atoms with van der Waals surface area (Å²) in [7, 11) is 0. The average molecular weight is 317 g/mol. The first kappa shape index (κ1) is 17.0. The predicted molar refractivity (Wildman–Crippen MR) is 87.1 cm³/mol. The molecule has 1 heterocycles. The molecule has 0 aromatic heterocycles. The molecule has 1 saturated heterocycles. The van der Waals surface area contributed by atoms with Crippen LogP contribution in [-0.2, 0) is 15.0 Å². The number of nitrogens with zero attached hydrogens (tertiary/aromatic N) is 1. The minimum absolute atomic E-state index is 0.0276. The highest BCUT2D eigenvalue weighted by molar-refractivity contribution is 5.97. The van der Waals surface area contributed by atoms with Gasteiger partial charge in [0.1, 0.15) is 0 Å². The number of carbonyl (C=O) groups is 3. The number of benzene rings is 1. The molecule has 0 saturated carbocycles. The molecule has 0 unspecified atom stereocenters. The lowest BCUT2D eigenvalue weighted by molar-refractivity contribution is -0.137. The van der Waals surface area contributed by atoms with Gasteiger partial charge in [-0.2, -0.15) is 0 Å². The molecule has 2 N–H and O–H groups in total. The van der Waals surface area contributed by atoms with E-state index >= 15 is 0 Å². The summed E-state index contributed by atoms with van der Waals surface area (Å²) in [5.74, 6) is -0.714. The Hall–Kier alpha value is -2.37. The Labute approximate surface area is 136 Å². The van der Waals surface area contributed by atoms with E-state index in [-0.39, 0.29) is 36.2 Å². The van der Waals surface area contributed by atoms with Crippen molar-refractivity contribution in [1.82, 2.24) is 15.5 Å². The first-order valence-corrected chi connectivity index (χ1v) is 7.70. The van der Waals surface area contributed by atoms with Gasteiger partial charge in [0.15, 0.2) is 0 Å². The van der Waals surface area contributed by atoms with Crippen molar-refractivity contribution < 1.29 is 14.4 Å². The van der Waals surface area contributed by atoms with Crippen LogP contribution in [-0.4, -0.2) is 48.8 Å². The fourth-order valence-electron chi connectivity index (χ4n) is 2.34. The lowest BCUT2D eigenvalue weighted by atomic mass is 9.87. The van der Waals surface area contributed by atoms with Crippen molar-refractivity contribution in [2.24, 2.45) is 0 Å². The first-order chi connectivity index (χ1) is 10.8. The van der Waals surface area contributed by atoms with Crippen LogP contribution in [0.25, 0.3) is 0 Å². The molecule has 2 rings (SSSR count). The van der Waals surface area contributed by atoms with Crippen LogP contribution in [0.2, 0.25) is 0 Å². The summed E-state index contributed by atoms with van der Waals surface area (Å²) >= 11 is 0. The SMILES string of the molecule is CC(C)(C)c1ccc(C(=O)NCC(=O)N2CCNC(=O)C2)cc1. The minimum atomic E-state index is -0.291. The standard InChI is InChI=1S/C17H23N3O3/c1-17(2,3)13-6-4-12(5-7-13)16(23)19-10-15(22)20-9-8-18-14(21)11-20/h4-7H,8-11H2,1-3H3,(H,18,21)(H,19,23). The van der Waals surface area contributed by atoms with E-state index in [4.69, 9.17) is 0 Å². The molecule has 0 radical (unpaired) electrons. The summed E-state index contributed by atoms with van der Waals surface area (Å²) in [6, 6.07) is 7.36. The molecule has 6 nitrogen and oxygen atoms in total. The maximum absolute atomic E-state index is 12.1. The fraction of sp³-hybridized carbons (Fsp3) is 0.471. The topological polar surface area (TPSA) is 78.5 Å². The Kier molecular flexibility index (Phi) is 5.03. The van der Waals surface area contributed by atoms with Gasteiger partial charge in [-0.05, 0) is 23.1 Å². The lowest BCUT2D eigenvalue weighted by Crippen LogP contribution is -2.52. The van der Waals surface area contributed by atoms with Gasteiger partial charge in [-0.3, -0.25) is 14.4 Å². The molecule has 124 valence electrons. The Balaban J connectivity index is 1.89. The number of carbonyl (C=O) groups excluding carboxylic acids is 3. The van der Waals surface area contributed by atoms with E-state index in [9.17, 15) is 14.4 Å². The van der Waals surface area contributed by atoms with Crippen molar-refractivity contribution in [2.45, 2.75) is 26.2 Å². The van der Waals surface area contributed by atoms with Gasteiger partial charge in [0.2, 0.25) is 11.8 Å². The third-order valence-corrected chi connectivity index (χ3v) is 3.80. The van der Waals surface area contributed by atoms with E-state index in [2.05, 4.69) is 31.4 Å². The van der Waals surface area contributed by atoms with Crippen LogP contribution in [0.1, 0.15) is 36.7 Å². The van der Waals surface area contributed by atoms with Crippen LogP contribution in [0.15, 0.2) is 24.3 Å². The summed E-state index contributed by atoms with van der Waals surface area (Å²) in [5, 5.41) is 5.26. The number of hydrogen-bond donors (Lipinski definition) is 2. The van der Waals surface area contributed by atoms with Crippen molar-refractivity contribution in [3.63, 3.8) is 0 Å². The summed E-state index contributed by atoms with van der Waals surface area (Å²) < 4.78 is 0. The largest absolute Gasteiger partial charge is 0.353 e. The zero-order valence-corrected chi connectivity index (χ0v) is 13.8. The van der Waals surface area contributed by atoms with Gasteiger partial charge < -0.3 is 15.5 Å². The van der Waals surface area contributed by atoms with E-state index in [1.807, 2.05) is 12.1 Å². The molecule has 1 aromatic rings. The van der Waals surface area contributed by atoms with Crippen molar-refractivity contribution in [2.75, 3.05) is 26.2 Å². The second kappa shape index (κ2) is 6.81. The van der Waals surface area contributed by atoms with Gasteiger partial charge in [-0.1, -0.05) is 32.9 Å². The number of hydrogen-bond acceptors (Lipinski definition) is 3. The Bertz CT molecular complexity index is 603. The Morgan fingerprint density at radius 1 is 1.22 bits per heavy atom. The van der Waals surface area contributed by atoms with Gasteiger partial charge in [0.05, 0.1) is 13.1 Å². The highest BCUT2D eigenvalue weighted by atomic mass is 16.2. The van der Waals surface area contributed by atoms with Crippen LogP contribution in [0, 0.1) is 0 Å². The second-order valence-electron chi connectivity index (χ2n) is 6.68. The van der Waals surface area contributed by atoms with Gasteiger partial charge >= 0.3 is 0 Å². The smallest absolute Gasteiger partial charge is 0.251 e. The van der Waals surface area contributed by atoms with E-state index in [1.165, 1.54) is 4.90 Å². The molecule has 6 heteroatoms. The number of amides is 3. The summed E-state index contributed by atoms with van der Waals surface area (Å²) in [6.45, 7) is 7.19. The van der Waals surface area contributed by atoms with Crippen molar-refractivity contribution in [3.8, 4) is 0 Å². The van der Waals surface area contributed by atoms with Gasteiger partial charge in [-0.25, -0.2) is 0 Å². The molecule has 1 aliphatic rings. The molecule has 1 aromatic carbocycles. The monoisotopic (exact) mass is 317 g/mol. The van der Waals surface area contributed by atoms with Crippen LogP contribution >= 0.6 is 0 Å². The molecular weight excluding hydrogens is 294 g/mol. The number of piperazine rings is 1. The number of rotatable bonds is 3. The summed E-state index contributed by atoms with van der Waals surface area (Å²) in [6.07, 6.45) is 0. The zero-order chi connectivity index (χ0) is 17.0. The molecule has 1 aliphatic heterocycles.